The highest BCUT2D eigenvalue weighted by molar-refractivity contribution is 6.01. The molecule has 6 nitrogen and oxygen atoms in total. The summed E-state index contributed by atoms with van der Waals surface area (Å²) in [7, 11) is 1.32. The van der Waals surface area contributed by atoms with Gasteiger partial charge >= 0.3 is 12.1 Å². The lowest BCUT2D eigenvalue weighted by atomic mass is 10.1. The van der Waals surface area contributed by atoms with Crippen LogP contribution < -0.4 is 0 Å². The molecule has 0 radical (unpaired) electrons. The fourth-order valence-electron chi connectivity index (χ4n) is 2.61. The van der Waals surface area contributed by atoms with Gasteiger partial charge in [0.25, 0.3) is 0 Å². The molecule has 1 amide bonds. The summed E-state index contributed by atoms with van der Waals surface area (Å²) >= 11 is 0. The smallest absolute Gasteiger partial charge is 0.415 e. The van der Waals surface area contributed by atoms with Gasteiger partial charge in [-0.25, -0.2) is 4.79 Å². The first kappa shape index (κ1) is 20.2. The Balaban J connectivity index is 2.95. The number of methoxy groups -OCH3 is 1. The minimum atomic E-state index is -0.630. The van der Waals surface area contributed by atoms with Gasteiger partial charge in [-0.3, -0.25) is 14.5 Å². The second-order valence-corrected chi connectivity index (χ2v) is 6.98. The van der Waals surface area contributed by atoms with Crippen LogP contribution in [0, 0.1) is 0 Å². The van der Waals surface area contributed by atoms with Crippen molar-refractivity contribution in [2.75, 3.05) is 7.11 Å². The van der Waals surface area contributed by atoms with Gasteiger partial charge in [0.05, 0.1) is 12.8 Å². The molecule has 0 aromatic rings. The maximum absolute atomic E-state index is 12.6. The number of allylic oxidation sites excluding steroid dienone is 2. The third-order valence-corrected chi connectivity index (χ3v) is 3.73. The number of hydrogen-bond donors (Lipinski definition) is 0. The highest BCUT2D eigenvalue weighted by Gasteiger charge is 2.40. The number of carbonyl (C=O) groups is 3. The van der Waals surface area contributed by atoms with Crippen LogP contribution in [0.15, 0.2) is 11.8 Å². The molecule has 1 heterocycles. The van der Waals surface area contributed by atoms with E-state index in [1.54, 1.807) is 26.8 Å². The van der Waals surface area contributed by atoms with Crippen LogP contribution in [0.3, 0.4) is 0 Å². The Labute approximate surface area is 144 Å². The van der Waals surface area contributed by atoms with Crippen LogP contribution in [0.25, 0.3) is 0 Å². The molecule has 1 rings (SSSR count). The Morgan fingerprint density at radius 2 is 2.00 bits per heavy atom. The minimum Gasteiger partial charge on any atom is -0.469 e. The van der Waals surface area contributed by atoms with Gasteiger partial charge in [-0.1, -0.05) is 25.8 Å². The average Bonchev–Trinajstić information content (AvgIpc) is 2.79. The molecule has 6 heteroatoms. The fourth-order valence-corrected chi connectivity index (χ4v) is 2.61. The number of carbonyl (C=O) groups excluding carboxylic acids is 3. The van der Waals surface area contributed by atoms with Crippen molar-refractivity contribution in [3.05, 3.63) is 11.8 Å². The quantitative estimate of drug-likeness (QED) is 0.546. The summed E-state index contributed by atoms with van der Waals surface area (Å²) in [6.07, 6.45) is 4.68. The zero-order chi connectivity index (χ0) is 18.3. The molecule has 0 bridgehead atoms. The van der Waals surface area contributed by atoms with E-state index in [4.69, 9.17) is 4.74 Å². The molecule has 0 spiro atoms. The number of nitrogens with zero attached hydrogens (tertiary/aromatic N) is 1. The monoisotopic (exact) mass is 339 g/mol. The highest BCUT2D eigenvalue weighted by atomic mass is 16.6. The third kappa shape index (κ3) is 5.98. The molecule has 0 N–H and O–H groups in total. The topological polar surface area (TPSA) is 72.9 Å². The average molecular weight is 339 g/mol. The van der Waals surface area contributed by atoms with Crippen molar-refractivity contribution in [1.29, 1.82) is 0 Å². The summed E-state index contributed by atoms with van der Waals surface area (Å²) in [4.78, 5) is 37.6. The summed E-state index contributed by atoms with van der Waals surface area (Å²) < 4.78 is 10.1. The molecule has 0 aliphatic carbocycles. The Kier molecular flexibility index (Phi) is 7.45. The van der Waals surface area contributed by atoms with E-state index < -0.39 is 11.7 Å². The van der Waals surface area contributed by atoms with Gasteiger partial charge in [0, 0.05) is 18.9 Å². The first-order valence-electron chi connectivity index (χ1n) is 8.52. The van der Waals surface area contributed by atoms with E-state index >= 15 is 0 Å². The van der Waals surface area contributed by atoms with Crippen molar-refractivity contribution in [2.45, 2.75) is 77.9 Å². The van der Waals surface area contributed by atoms with Gasteiger partial charge in [0.15, 0.2) is 5.78 Å². The van der Waals surface area contributed by atoms with Gasteiger partial charge < -0.3 is 9.47 Å². The Hall–Kier alpha value is -1.85. The van der Waals surface area contributed by atoms with E-state index in [0.717, 1.165) is 19.3 Å². The van der Waals surface area contributed by atoms with Crippen LogP contribution in [-0.2, 0) is 19.1 Å². The predicted octanol–water partition coefficient (Wildman–Crippen LogP) is 3.59. The van der Waals surface area contributed by atoms with Crippen LogP contribution in [-0.4, -0.2) is 41.5 Å². The molecule has 1 aliphatic rings. The van der Waals surface area contributed by atoms with E-state index in [1.165, 1.54) is 12.0 Å². The molecule has 1 atom stereocenters. The number of esters is 1. The van der Waals surface area contributed by atoms with E-state index in [0.29, 0.717) is 18.5 Å². The molecule has 1 aliphatic heterocycles. The molecule has 1 saturated heterocycles. The van der Waals surface area contributed by atoms with Crippen LogP contribution in [0.2, 0.25) is 0 Å². The minimum absolute atomic E-state index is 0.0770. The lowest BCUT2D eigenvalue weighted by Crippen LogP contribution is -2.39. The SMILES string of the molecule is CCCC[C@@H]1CC(=O)/C(=C\CCC(=O)OC)N1C(=O)OC(C)(C)C. The third-order valence-electron chi connectivity index (χ3n) is 3.73. The normalized spacial score (nSPS) is 19.7. The van der Waals surface area contributed by atoms with Crippen molar-refractivity contribution in [2.24, 2.45) is 0 Å². The number of rotatable bonds is 6. The van der Waals surface area contributed by atoms with Gasteiger partial charge in [0.2, 0.25) is 0 Å². The first-order chi connectivity index (χ1) is 11.2. The second-order valence-electron chi connectivity index (χ2n) is 6.98. The first-order valence-corrected chi connectivity index (χ1v) is 8.52. The standard InChI is InChI=1S/C18H29NO5/c1-6-7-9-13-12-15(20)14(10-8-11-16(21)23-5)19(13)17(22)24-18(2,3)4/h10,13H,6-9,11-12H2,1-5H3/b14-10+/t13-/m1/s1. The summed E-state index contributed by atoms with van der Waals surface area (Å²) in [6.45, 7) is 7.46. The molecular weight excluding hydrogens is 310 g/mol. The van der Waals surface area contributed by atoms with Crippen molar-refractivity contribution < 1.29 is 23.9 Å². The number of likely N-dealkylation sites (tertiary alicyclic amines) is 1. The molecule has 1 fully saturated rings. The van der Waals surface area contributed by atoms with E-state index in [1.807, 2.05) is 0 Å². The van der Waals surface area contributed by atoms with Crippen molar-refractivity contribution in [1.82, 2.24) is 4.90 Å². The van der Waals surface area contributed by atoms with Crippen molar-refractivity contribution in [3.63, 3.8) is 0 Å². The van der Waals surface area contributed by atoms with Gasteiger partial charge in [0.1, 0.15) is 5.60 Å². The zero-order valence-corrected chi connectivity index (χ0v) is 15.4. The van der Waals surface area contributed by atoms with Gasteiger partial charge in [-0.2, -0.15) is 0 Å². The Bertz CT molecular complexity index is 504. The molecule has 0 aromatic heterocycles. The summed E-state index contributed by atoms with van der Waals surface area (Å²) in [6, 6.07) is -0.170. The lowest BCUT2D eigenvalue weighted by molar-refractivity contribution is -0.140. The van der Waals surface area contributed by atoms with E-state index in [9.17, 15) is 14.4 Å². The van der Waals surface area contributed by atoms with Crippen LogP contribution in [0.5, 0.6) is 0 Å². The molecule has 0 saturated carbocycles. The summed E-state index contributed by atoms with van der Waals surface area (Å²) in [5.74, 6) is -0.421. The molecule has 24 heavy (non-hydrogen) atoms. The van der Waals surface area contributed by atoms with Gasteiger partial charge in [-0.15, -0.1) is 0 Å². The second kappa shape index (κ2) is 8.85. The number of unbranched alkanes of at least 4 members (excludes halogenated alkanes) is 1. The number of ether oxygens (including phenoxy) is 2. The maximum atomic E-state index is 12.6. The zero-order valence-electron chi connectivity index (χ0n) is 15.4. The molecule has 0 aromatic carbocycles. The fraction of sp³-hybridized carbons (Fsp3) is 0.722. The van der Waals surface area contributed by atoms with Crippen LogP contribution >= 0.6 is 0 Å². The largest absolute Gasteiger partial charge is 0.469 e. The number of hydrogen-bond acceptors (Lipinski definition) is 5. The van der Waals surface area contributed by atoms with Crippen molar-refractivity contribution >= 4 is 17.8 Å². The van der Waals surface area contributed by atoms with E-state index in [2.05, 4.69) is 11.7 Å². The lowest BCUT2D eigenvalue weighted by Gasteiger charge is -2.28. The summed E-state index contributed by atoms with van der Waals surface area (Å²) in [5, 5.41) is 0. The highest BCUT2D eigenvalue weighted by Crippen LogP contribution is 2.30. The molecular formula is C18H29NO5. The molecule has 136 valence electrons. The van der Waals surface area contributed by atoms with E-state index in [-0.39, 0.29) is 24.2 Å². The molecule has 0 unspecified atom stereocenters. The number of Topliss-reactive ketones (excluding diaryl/α,β-unsaturated/α-hetero) is 1. The van der Waals surface area contributed by atoms with Crippen LogP contribution in [0.1, 0.15) is 66.2 Å². The summed E-state index contributed by atoms with van der Waals surface area (Å²) in [5.41, 5.74) is -0.288. The predicted molar refractivity (Wildman–Crippen MR) is 90.3 cm³/mol. The Morgan fingerprint density at radius 1 is 1.33 bits per heavy atom. The Morgan fingerprint density at radius 3 is 2.54 bits per heavy atom. The van der Waals surface area contributed by atoms with Crippen molar-refractivity contribution in [3.8, 4) is 0 Å². The maximum Gasteiger partial charge on any atom is 0.415 e. The number of amides is 1. The van der Waals surface area contributed by atoms with Crippen LogP contribution in [0.4, 0.5) is 4.79 Å². The van der Waals surface area contributed by atoms with Gasteiger partial charge in [-0.05, 0) is 33.6 Å². The number of ketones is 1.